The molecule has 0 spiro atoms. The van der Waals surface area contributed by atoms with Crippen molar-refractivity contribution in [1.29, 1.82) is 0 Å². The van der Waals surface area contributed by atoms with E-state index in [4.69, 9.17) is 4.74 Å². The quantitative estimate of drug-likeness (QED) is 0.718. The molecule has 3 N–H and O–H groups in total. The number of hydrogen-bond donors (Lipinski definition) is 3. The molecule has 1 aromatic heterocycles. The second-order valence-corrected chi connectivity index (χ2v) is 4.32. The number of aromatic nitrogens is 2. The van der Waals surface area contributed by atoms with Gasteiger partial charge in [-0.05, 0) is 6.92 Å². The summed E-state index contributed by atoms with van der Waals surface area (Å²) in [6.07, 6.45) is 3.19. The van der Waals surface area contributed by atoms with E-state index in [1.54, 1.807) is 12.4 Å². The maximum Gasteiger partial charge on any atom is 0.319 e. The highest BCUT2D eigenvalue weighted by molar-refractivity contribution is 5.88. The van der Waals surface area contributed by atoms with Crippen LogP contribution >= 0.6 is 0 Å². The number of carbonyl (C=O) groups is 1. The van der Waals surface area contributed by atoms with Crippen LogP contribution in [0, 0.1) is 0 Å². The summed E-state index contributed by atoms with van der Waals surface area (Å²) in [4.78, 5) is 13.9. The molecule has 2 heterocycles. The molecule has 7 heteroatoms. The van der Waals surface area contributed by atoms with Gasteiger partial charge in [0, 0.05) is 31.9 Å². The van der Waals surface area contributed by atoms with Crippen LogP contribution in [0.25, 0.3) is 0 Å². The van der Waals surface area contributed by atoms with Crippen molar-refractivity contribution < 1.29 is 9.53 Å². The third kappa shape index (κ3) is 3.71. The Labute approximate surface area is 106 Å². The predicted molar refractivity (Wildman–Crippen MR) is 67.5 cm³/mol. The molecule has 18 heavy (non-hydrogen) atoms. The number of anilines is 1. The molecule has 100 valence electrons. The summed E-state index contributed by atoms with van der Waals surface area (Å²) in [5.41, 5.74) is 0.659. The Morgan fingerprint density at radius 1 is 1.61 bits per heavy atom. The van der Waals surface area contributed by atoms with E-state index in [2.05, 4.69) is 32.7 Å². The average Bonchev–Trinajstić information content (AvgIpc) is 2.90. The van der Waals surface area contributed by atoms with E-state index in [0.717, 1.165) is 26.3 Å². The number of aromatic amines is 1. The van der Waals surface area contributed by atoms with Crippen LogP contribution in [0.5, 0.6) is 0 Å². The first-order valence-electron chi connectivity index (χ1n) is 6.11. The van der Waals surface area contributed by atoms with Crippen molar-refractivity contribution in [2.24, 2.45) is 0 Å². The lowest BCUT2D eigenvalue weighted by Crippen LogP contribution is -2.47. The van der Waals surface area contributed by atoms with E-state index in [-0.39, 0.29) is 6.03 Å². The van der Waals surface area contributed by atoms with E-state index in [1.807, 2.05) is 0 Å². The average molecular weight is 253 g/mol. The normalized spacial score (nSPS) is 18.3. The highest BCUT2D eigenvalue weighted by Gasteiger charge is 2.17. The van der Waals surface area contributed by atoms with Gasteiger partial charge in [0.25, 0.3) is 0 Å². The second-order valence-electron chi connectivity index (χ2n) is 4.32. The second kappa shape index (κ2) is 6.36. The number of nitrogens with one attached hydrogen (secondary N) is 3. The number of ether oxygens (including phenoxy) is 1. The molecule has 7 nitrogen and oxygen atoms in total. The molecule has 1 fully saturated rings. The number of amides is 2. The van der Waals surface area contributed by atoms with Gasteiger partial charge in [-0.2, -0.15) is 5.10 Å². The van der Waals surface area contributed by atoms with E-state index in [9.17, 15) is 4.79 Å². The fourth-order valence-electron chi connectivity index (χ4n) is 1.88. The maximum absolute atomic E-state index is 11.6. The first-order chi connectivity index (χ1) is 8.75. The fourth-order valence-corrected chi connectivity index (χ4v) is 1.88. The number of H-pyrrole nitrogens is 1. The van der Waals surface area contributed by atoms with Crippen LogP contribution < -0.4 is 10.6 Å². The lowest BCUT2D eigenvalue weighted by atomic mass is 10.2. The van der Waals surface area contributed by atoms with Gasteiger partial charge < -0.3 is 15.4 Å². The van der Waals surface area contributed by atoms with Crippen molar-refractivity contribution >= 4 is 11.7 Å². The Kier molecular flexibility index (Phi) is 4.54. The van der Waals surface area contributed by atoms with E-state index < -0.39 is 0 Å². The Hall–Kier alpha value is -1.60. The van der Waals surface area contributed by atoms with Gasteiger partial charge in [-0.1, -0.05) is 0 Å². The molecule has 0 bridgehead atoms. The number of hydrogen-bond acceptors (Lipinski definition) is 4. The fraction of sp³-hybridized carbons (Fsp3) is 0.636. The molecular formula is C11H19N5O2. The molecule has 1 aliphatic rings. The van der Waals surface area contributed by atoms with Crippen molar-refractivity contribution in [3.63, 3.8) is 0 Å². The van der Waals surface area contributed by atoms with Crippen molar-refractivity contribution in [3.05, 3.63) is 12.4 Å². The first kappa shape index (κ1) is 12.8. The Balaban J connectivity index is 1.68. The molecule has 0 saturated carbocycles. The highest BCUT2D eigenvalue weighted by atomic mass is 16.5. The molecule has 1 aliphatic heterocycles. The van der Waals surface area contributed by atoms with Crippen molar-refractivity contribution in [2.75, 3.05) is 38.2 Å². The molecule has 0 unspecified atom stereocenters. The summed E-state index contributed by atoms with van der Waals surface area (Å²) in [5, 5.41) is 11.9. The van der Waals surface area contributed by atoms with Crippen LogP contribution in [0.3, 0.4) is 0 Å². The molecule has 2 amide bonds. The summed E-state index contributed by atoms with van der Waals surface area (Å²) in [7, 11) is 0. The van der Waals surface area contributed by atoms with E-state index >= 15 is 0 Å². The number of rotatable bonds is 4. The lowest BCUT2D eigenvalue weighted by molar-refractivity contribution is 0.0209. The van der Waals surface area contributed by atoms with Gasteiger partial charge in [-0.25, -0.2) is 4.79 Å². The summed E-state index contributed by atoms with van der Waals surface area (Å²) in [6.45, 7) is 6.10. The first-order valence-corrected chi connectivity index (χ1v) is 6.11. The molecule has 0 radical (unpaired) electrons. The number of nitrogens with zero attached hydrogens (tertiary/aromatic N) is 2. The molecule has 0 aromatic carbocycles. The zero-order valence-electron chi connectivity index (χ0n) is 10.5. The van der Waals surface area contributed by atoms with Gasteiger partial charge in [0.15, 0.2) is 0 Å². The molecule has 1 saturated heterocycles. The van der Waals surface area contributed by atoms with Gasteiger partial charge in [0.2, 0.25) is 0 Å². The van der Waals surface area contributed by atoms with Crippen molar-refractivity contribution in [1.82, 2.24) is 20.4 Å². The summed E-state index contributed by atoms with van der Waals surface area (Å²) in [5.74, 6) is 0. The van der Waals surface area contributed by atoms with Crippen LogP contribution in [0.2, 0.25) is 0 Å². The summed E-state index contributed by atoms with van der Waals surface area (Å²) in [6, 6.07) is 0.0977. The third-order valence-corrected chi connectivity index (χ3v) is 2.98. The zero-order chi connectivity index (χ0) is 12.8. The standard InChI is InChI=1S/C11H19N5O2/c1-9(16-2-4-18-5-3-16)6-12-11(17)15-10-7-13-14-8-10/h7-9H,2-6H2,1H3,(H,13,14)(H2,12,15,17)/t9-/m0/s1. The number of urea groups is 1. The molecule has 1 atom stereocenters. The monoisotopic (exact) mass is 253 g/mol. The van der Waals surface area contributed by atoms with Crippen LogP contribution in [0.15, 0.2) is 12.4 Å². The number of carbonyl (C=O) groups excluding carboxylic acids is 1. The van der Waals surface area contributed by atoms with Crippen LogP contribution in [-0.2, 0) is 4.74 Å². The Bertz CT molecular complexity index is 362. The van der Waals surface area contributed by atoms with Gasteiger partial charge >= 0.3 is 6.03 Å². The Morgan fingerprint density at radius 2 is 2.39 bits per heavy atom. The van der Waals surface area contributed by atoms with Gasteiger partial charge in [-0.3, -0.25) is 10.00 Å². The van der Waals surface area contributed by atoms with Crippen molar-refractivity contribution in [3.8, 4) is 0 Å². The van der Waals surface area contributed by atoms with Gasteiger partial charge in [0.05, 0.1) is 25.1 Å². The topological polar surface area (TPSA) is 82.3 Å². The Morgan fingerprint density at radius 3 is 3.06 bits per heavy atom. The molecule has 2 rings (SSSR count). The summed E-state index contributed by atoms with van der Waals surface area (Å²) < 4.78 is 5.29. The molecule has 0 aliphatic carbocycles. The zero-order valence-corrected chi connectivity index (χ0v) is 10.5. The number of morpholine rings is 1. The minimum atomic E-state index is -0.212. The third-order valence-electron chi connectivity index (χ3n) is 2.98. The predicted octanol–water partition coefficient (Wildman–Crippen LogP) is 0.252. The molecule has 1 aromatic rings. The van der Waals surface area contributed by atoms with E-state index in [1.165, 1.54) is 0 Å². The lowest BCUT2D eigenvalue weighted by Gasteiger charge is -2.32. The minimum Gasteiger partial charge on any atom is -0.379 e. The summed E-state index contributed by atoms with van der Waals surface area (Å²) >= 11 is 0. The SMILES string of the molecule is C[C@@H](CNC(=O)Nc1cn[nH]c1)N1CCOCC1. The van der Waals surface area contributed by atoms with Gasteiger partial charge in [0.1, 0.15) is 0 Å². The van der Waals surface area contributed by atoms with Gasteiger partial charge in [-0.15, -0.1) is 0 Å². The van der Waals surface area contributed by atoms with E-state index in [0.29, 0.717) is 18.3 Å². The molecular weight excluding hydrogens is 234 g/mol. The van der Waals surface area contributed by atoms with Crippen LogP contribution in [0.1, 0.15) is 6.92 Å². The van der Waals surface area contributed by atoms with Crippen molar-refractivity contribution in [2.45, 2.75) is 13.0 Å². The smallest absolute Gasteiger partial charge is 0.319 e. The largest absolute Gasteiger partial charge is 0.379 e. The highest BCUT2D eigenvalue weighted by Crippen LogP contribution is 2.03. The van der Waals surface area contributed by atoms with Crippen LogP contribution in [-0.4, -0.2) is 60.0 Å². The van der Waals surface area contributed by atoms with Crippen LogP contribution in [0.4, 0.5) is 10.5 Å². The minimum absolute atomic E-state index is 0.212. The maximum atomic E-state index is 11.6.